The monoisotopic (exact) mass is 556 g/mol. The highest BCUT2D eigenvalue weighted by atomic mass is 16.5. The van der Waals surface area contributed by atoms with Gasteiger partial charge < -0.3 is 4.74 Å². The lowest BCUT2D eigenvalue weighted by Gasteiger charge is -2.27. The number of nitriles is 1. The zero-order valence-electron chi connectivity index (χ0n) is 23.8. The molecule has 4 aromatic rings. The molecule has 7 nitrogen and oxygen atoms in total. The fourth-order valence-corrected chi connectivity index (χ4v) is 4.85. The minimum absolute atomic E-state index is 0.0282. The van der Waals surface area contributed by atoms with E-state index in [1.54, 1.807) is 17.7 Å². The Labute approximate surface area is 246 Å². The summed E-state index contributed by atoms with van der Waals surface area (Å²) in [4.78, 5) is 28.1. The Balaban J connectivity index is 1.55. The van der Waals surface area contributed by atoms with E-state index in [0.29, 0.717) is 35.4 Å². The van der Waals surface area contributed by atoms with Crippen molar-refractivity contribution < 1.29 is 14.3 Å². The van der Waals surface area contributed by atoms with Crippen molar-refractivity contribution >= 4 is 17.9 Å². The third kappa shape index (κ3) is 6.08. The average Bonchev–Trinajstić information content (AvgIpc) is 3.45. The predicted octanol–water partition coefficient (Wildman–Crippen LogP) is 6.55. The predicted molar refractivity (Wildman–Crippen MR) is 163 cm³/mol. The van der Waals surface area contributed by atoms with Crippen LogP contribution in [0.4, 0.5) is 0 Å². The lowest BCUT2D eigenvalue weighted by Crippen LogP contribution is -2.43. The number of amides is 2. The highest BCUT2D eigenvalue weighted by Gasteiger charge is 2.35. The normalized spacial score (nSPS) is 14.4. The lowest BCUT2D eigenvalue weighted by molar-refractivity contribution is -0.140. The third-order valence-electron chi connectivity index (χ3n) is 7.25. The summed E-state index contributed by atoms with van der Waals surface area (Å²) in [5.41, 5.74) is 4.70. The van der Waals surface area contributed by atoms with Crippen LogP contribution in [0.5, 0.6) is 5.75 Å². The van der Waals surface area contributed by atoms with Crippen molar-refractivity contribution in [2.24, 2.45) is 0 Å². The van der Waals surface area contributed by atoms with Crippen LogP contribution in [0.3, 0.4) is 0 Å². The minimum Gasteiger partial charge on any atom is -0.494 e. The number of hydrogen-bond acceptors (Lipinski definition) is 5. The number of benzene rings is 3. The molecule has 1 aliphatic rings. The zero-order valence-corrected chi connectivity index (χ0v) is 23.8. The van der Waals surface area contributed by atoms with E-state index in [4.69, 9.17) is 9.84 Å². The maximum atomic E-state index is 13.8. The molecule has 2 amide bonds. The summed E-state index contributed by atoms with van der Waals surface area (Å²) in [6.07, 6.45) is 6.14. The summed E-state index contributed by atoms with van der Waals surface area (Å²) in [7, 11) is 0. The van der Waals surface area contributed by atoms with E-state index in [9.17, 15) is 14.9 Å². The second-order valence-corrected chi connectivity index (χ2v) is 10.1. The molecule has 3 aromatic carbocycles. The number of unbranched alkanes of at least 4 members (excludes halogenated alkanes) is 1. The highest BCUT2D eigenvalue weighted by Crippen LogP contribution is 2.32. The van der Waals surface area contributed by atoms with Crippen LogP contribution in [0.15, 0.2) is 108 Å². The molecule has 0 saturated carbocycles. The second kappa shape index (κ2) is 13.0. The Morgan fingerprint density at radius 3 is 2.29 bits per heavy atom. The molecule has 0 atom stereocenters. The minimum atomic E-state index is -0.563. The number of hydrogen-bond donors (Lipinski definition) is 0. The topological polar surface area (TPSA) is 88.2 Å². The fraction of sp³-hybridized carbons (Fsp3) is 0.200. The van der Waals surface area contributed by atoms with Gasteiger partial charge in [-0.25, -0.2) is 4.68 Å². The van der Waals surface area contributed by atoms with E-state index in [0.717, 1.165) is 35.4 Å². The molecule has 2 heterocycles. The molecular formula is C35H32N4O3. The number of ether oxygens (including phenoxy) is 1. The molecule has 5 rings (SSSR count). The summed E-state index contributed by atoms with van der Waals surface area (Å²) in [5, 5.41) is 14.8. The molecule has 1 aliphatic heterocycles. The van der Waals surface area contributed by atoms with Gasteiger partial charge in [-0.2, -0.15) is 10.4 Å². The third-order valence-corrected chi connectivity index (χ3v) is 7.25. The molecule has 0 bridgehead atoms. The SMILES string of the molecule is CCCCOc1ccc(-c2nn(-c3ccccc3)cc2/C=C2/C(=O)N(CCc3ccccc3)C(=O)C(C#N)=C2C)cc1. The van der Waals surface area contributed by atoms with Crippen molar-refractivity contribution in [3.05, 3.63) is 119 Å². The Bertz CT molecular complexity index is 1680. The first-order valence-corrected chi connectivity index (χ1v) is 14.1. The Hall–Kier alpha value is -5.22. The van der Waals surface area contributed by atoms with E-state index >= 15 is 0 Å². The largest absolute Gasteiger partial charge is 0.494 e. The summed E-state index contributed by atoms with van der Waals surface area (Å²) >= 11 is 0. The first-order chi connectivity index (χ1) is 20.5. The summed E-state index contributed by atoms with van der Waals surface area (Å²) < 4.78 is 7.60. The van der Waals surface area contributed by atoms with Gasteiger partial charge in [0.1, 0.15) is 17.4 Å². The van der Waals surface area contributed by atoms with E-state index in [1.165, 1.54) is 4.90 Å². The fourth-order valence-electron chi connectivity index (χ4n) is 4.85. The van der Waals surface area contributed by atoms with Crippen LogP contribution in [-0.4, -0.2) is 39.6 Å². The molecule has 0 unspecified atom stereocenters. The van der Waals surface area contributed by atoms with Gasteiger partial charge in [-0.05, 0) is 73.4 Å². The van der Waals surface area contributed by atoms with E-state index in [1.807, 2.05) is 97.2 Å². The van der Waals surface area contributed by atoms with Crippen LogP contribution >= 0.6 is 0 Å². The standard InChI is InChI=1S/C35H32N4O3/c1-3-4-21-42-30-17-15-27(16-18-30)33-28(24-39(37-33)29-13-9-6-10-14-29)22-31-25(2)32(23-36)35(41)38(34(31)40)20-19-26-11-7-5-8-12-26/h5-18,22,24H,3-4,19-21H2,1-2H3/b31-22+. The van der Waals surface area contributed by atoms with Gasteiger partial charge in [0.15, 0.2) is 0 Å². The Morgan fingerprint density at radius 2 is 1.62 bits per heavy atom. The first-order valence-electron chi connectivity index (χ1n) is 14.1. The van der Waals surface area contributed by atoms with Gasteiger partial charge in [0.05, 0.1) is 18.0 Å². The maximum absolute atomic E-state index is 13.8. The molecule has 0 spiro atoms. The highest BCUT2D eigenvalue weighted by molar-refractivity contribution is 6.19. The molecule has 0 N–H and O–H groups in total. The van der Waals surface area contributed by atoms with Crippen molar-refractivity contribution in [2.45, 2.75) is 33.1 Å². The van der Waals surface area contributed by atoms with Crippen LogP contribution < -0.4 is 4.74 Å². The Kier molecular flexibility index (Phi) is 8.74. The van der Waals surface area contributed by atoms with Gasteiger partial charge in [-0.15, -0.1) is 0 Å². The smallest absolute Gasteiger partial charge is 0.271 e. The number of aromatic nitrogens is 2. The van der Waals surface area contributed by atoms with Crippen molar-refractivity contribution in [2.75, 3.05) is 13.2 Å². The van der Waals surface area contributed by atoms with Gasteiger partial charge >= 0.3 is 0 Å². The average molecular weight is 557 g/mol. The number of nitrogens with zero attached hydrogens (tertiary/aromatic N) is 4. The van der Waals surface area contributed by atoms with Crippen molar-refractivity contribution in [1.82, 2.24) is 14.7 Å². The number of carbonyl (C=O) groups is 2. The first kappa shape index (κ1) is 28.3. The van der Waals surface area contributed by atoms with Gasteiger partial charge in [-0.3, -0.25) is 14.5 Å². The van der Waals surface area contributed by atoms with Crippen LogP contribution in [0.2, 0.25) is 0 Å². The van der Waals surface area contributed by atoms with E-state index in [2.05, 4.69) is 6.92 Å². The van der Waals surface area contributed by atoms with Crippen molar-refractivity contribution in [3.63, 3.8) is 0 Å². The number of para-hydroxylation sites is 1. The number of carbonyl (C=O) groups excluding carboxylic acids is 2. The Morgan fingerprint density at radius 1 is 0.929 bits per heavy atom. The molecule has 210 valence electrons. The van der Waals surface area contributed by atoms with Crippen LogP contribution in [0, 0.1) is 11.3 Å². The molecule has 0 saturated heterocycles. The molecule has 1 aromatic heterocycles. The van der Waals surface area contributed by atoms with Gasteiger partial charge in [-0.1, -0.05) is 61.9 Å². The van der Waals surface area contributed by atoms with E-state index < -0.39 is 11.8 Å². The lowest BCUT2D eigenvalue weighted by atomic mass is 9.93. The summed E-state index contributed by atoms with van der Waals surface area (Å²) in [6.45, 7) is 4.60. The van der Waals surface area contributed by atoms with Crippen molar-refractivity contribution in [1.29, 1.82) is 5.26 Å². The quantitative estimate of drug-likeness (QED) is 0.126. The molecular weight excluding hydrogens is 524 g/mol. The van der Waals surface area contributed by atoms with Gasteiger partial charge in [0.25, 0.3) is 11.8 Å². The maximum Gasteiger partial charge on any atom is 0.271 e. The van der Waals surface area contributed by atoms with Crippen LogP contribution in [-0.2, 0) is 16.0 Å². The van der Waals surface area contributed by atoms with Crippen LogP contribution in [0.1, 0.15) is 37.8 Å². The van der Waals surface area contributed by atoms with Crippen LogP contribution in [0.25, 0.3) is 23.0 Å². The second-order valence-electron chi connectivity index (χ2n) is 10.1. The molecule has 7 heteroatoms. The summed E-state index contributed by atoms with van der Waals surface area (Å²) in [6, 6.07) is 29.1. The molecule has 42 heavy (non-hydrogen) atoms. The molecule has 0 radical (unpaired) electrons. The number of imide groups is 1. The summed E-state index contributed by atoms with van der Waals surface area (Å²) in [5.74, 6) is -0.209. The van der Waals surface area contributed by atoms with E-state index in [-0.39, 0.29) is 12.1 Å². The van der Waals surface area contributed by atoms with Gasteiger partial charge in [0.2, 0.25) is 0 Å². The van der Waals surface area contributed by atoms with Gasteiger partial charge in [0, 0.05) is 29.4 Å². The number of rotatable bonds is 10. The molecule has 0 fully saturated rings. The van der Waals surface area contributed by atoms with Crippen molar-refractivity contribution in [3.8, 4) is 28.8 Å². The zero-order chi connectivity index (χ0) is 29.5. The molecule has 0 aliphatic carbocycles.